The minimum absolute atomic E-state index is 0.0206. The number of likely N-dealkylation sites (N-methyl/N-ethyl adjacent to an activating group) is 1. The third kappa shape index (κ3) is 10.5. The van der Waals surface area contributed by atoms with Gasteiger partial charge in [0.15, 0.2) is 6.29 Å². The monoisotopic (exact) mass is 773 g/mol. The van der Waals surface area contributed by atoms with E-state index in [2.05, 4.69) is 41.6 Å². The van der Waals surface area contributed by atoms with E-state index >= 15 is 0 Å². The second kappa shape index (κ2) is 18.8. The van der Waals surface area contributed by atoms with Crippen molar-refractivity contribution < 1.29 is 27.8 Å². The SMILES string of the molecule is C=CCN(C)C[C@@H]1O[C@H](c2cccc(-c3cccc(CNC(=O)[C@@H](Cc4ccccc4)NS(=O)(=O)c4ccc(C)cc4)c3)c2)O[C@H](c2ccc(CO)cc2)[C@@H]1C. The van der Waals surface area contributed by atoms with Gasteiger partial charge in [0.25, 0.3) is 0 Å². The Bertz CT molecular complexity index is 2180. The Morgan fingerprint density at radius 2 is 1.52 bits per heavy atom. The molecule has 9 nitrogen and oxygen atoms in total. The summed E-state index contributed by atoms with van der Waals surface area (Å²) >= 11 is 0. The Morgan fingerprint density at radius 1 is 0.839 bits per heavy atom. The van der Waals surface area contributed by atoms with E-state index in [-0.39, 0.29) is 42.6 Å². The van der Waals surface area contributed by atoms with Crippen molar-refractivity contribution in [2.24, 2.45) is 5.92 Å². The second-order valence-electron chi connectivity index (χ2n) is 14.6. The zero-order chi connectivity index (χ0) is 39.7. The number of carbonyl (C=O) groups is 1. The van der Waals surface area contributed by atoms with Crippen LogP contribution >= 0.6 is 0 Å². The van der Waals surface area contributed by atoms with Crippen molar-refractivity contribution in [1.29, 1.82) is 0 Å². The van der Waals surface area contributed by atoms with Crippen LogP contribution in [0.15, 0.2) is 145 Å². The summed E-state index contributed by atoms with van der Waals surface area (Å²) in [6.07, 6.45) is 1.10. The first kappa shape index (κ1) is 40.7. The summed E-state index contributed by atoms with van der Waals surface area (Å²) in [7, 11) is -1.91. The molecule has 1 aliphatic heterocycles. The van der Waals surface area contributed by atoms with Gasteiger partial charge in [0.1, 0.15) is 6.04 Å². The maximum Gasteiger partial charge on any atom is 0.241 e. The number of hydrogen-bond acceptors (Lipinski definition) is 7. The first-order valence-corrected chi connectivity index (χ1v) is 20.4. The van der Waals surface area contributed by atoms with Gasteiger partial charge in [0, 0.05) is 31.1 Å². The lowest BCUT2D eigenvalue weighted by atomic mass is 9.90. The molecular weight excluding hydrogens is 723 g/mol. The van der Waals surface area contributed by atoms with Crippen LogP contribution in [0.25, 0.3) is 11.1 Å². The first-order valence-electron chi connectivity index (χ1n) is 18.9. The van der Waals surface area contributed by atoms with Crippen LogP contribution in [0.4, 0.5) is 0 Å². The number of nitrogens with zero attached hydrogens (tertiary/aromatic N) is 1. The van der Waals surface area contributed by atoms with Gasteiger partial charge in [0.2, 0.25) is 15.9 Å². The number of aliphatic hydroxyl groups is 1. The van der Waals surface area contributed by atoms with Gasteiger partial charge in [-0.3, -0.25) is 4.79 Å². The van der Waals surface area contributed by atoms with Gasteiger partial charge in [-0.2, -0.15) is 4.72 Å². The largest absolute Gasteiger partial charge is 0.392 e. The van der Waals surface area contributed by atoms with Crippen molar-refractivity contribution in [3.05, 3.63) is 173 Å². The summed E-state index contributed by atoms with van der Waals surface area (Å²) in [5.74, 6) is -0.370. The number of nitrogens with one attached hydrogen (secondary N) is 2. The molecule has 5 aromatic rings. The average molecular weight is 774 g/mol. The Hall–Kier alpha value is -4.94. The highest BCUT2D eigenvalue weighted by atomic mass is 32.2. The molecular formula is C46H51N3O6S. The molecule has 0 bridgehead atoms. The second-order valence-corrected chi connectivity index (χ2v) is 16.3. The number of sulfonamides is 1. The van der Waals surface area contributed by atoms with Gasteiger partial charge in [0.05, 0.1) is 23.7 Å². The van der Waals surface area contributed by atoms with Crippen molar-refractivity contribution >= 4 is 15.9 Å². The highest BCUT2D eigenvalue weighted by Crippen LogP contribution is 2.42. The highest BCUT2D eigenvalue weighted by molar-refractivity contribution is 7.89. The zero-order valence-electron chi connectivity index (χ0n) is 32.2. The molecule has 6 rings (SSSR count). The van der Waals surface area contributed by atoms with E-state index < -0.39 is 28.3 Å². The smallest absolute Gasteiger partial charge is 0.241 e. The first-order chi connectivity index (χ1) is 27.0. The third-order valence-electron chi connectivity index (χ3n) is 10.2. The van der Waals surface area contributed by atoms with Crippen LogP contribution in [0, 0.1) is 12.8 Å². The summed E-state index contributed by atoms with van der Waals surface area (Å²) < 4.78 is 42.8. The van der Waals surface area contributed by atoms with Crippen molar-refractivity contribution in [2.75, 3.05) is 20.1 Å². The fraction of sp³-hybridized carbons (Fsp3) is 0.283. The molecule has 0 spiro atoms. The predicted molar refractivity (Wildman–Crippen MR) is 220 cm³/mol. The zero-order valence-corrected chi connectivity index (χ0v) is 33.0. The maximum atomic E-state index is 13.7. The summed E-state index contributed by atoms with van der Waals surface area (Å²) in [5.41, 5.74) is 7.29. The van der Waals surface area contributed by atoms with Crippen molar-refractivity contribution in [3.63, 3.8) is 0 Å². The average Bonchev–Trinajstić information content (AvgIpc) is 3.21. The number of hydrogen-bond donors (Lipinski definition) is 3. The topological polar surface area (TPSA) is 117 Å². The van der Waals surface area contributed by atoms with Gasteiger partial charge < -0.3 is 24.8 Å². The molecule has 1 fully saturated rings. The van der Waals surface area contributed by atoms with Crippen LogP contribution in [0.3, 0.4) is 0 Å². The number of benzene rings is 5. The number of aryl methyl sites for hydroxylation is 1. The molecule has 1 saturated heterocycles. The molecule has 292 valence electrons. The van der Waals surface area contributed by atoms with E-state index in [1.54, 1.807) is 24.3 Å². The van der Waals surface area contributed by atoms with E-state index in [9.17, 15) is 18.3 Å². The fourth-order valence-electron chi connectivity index (χ4n) is 6.98. The van der Waals surface area contributed by atoms with Crippen molar-refractivity contribution in [1.82, 2.24) is 14.9 Å². The van der Waals surface area contributed by atoms with Gasteiger partial charge >= 0.3 is 0 Å². The quantitative estimate of drug-likeness (QED) is 0.0904. The maximum absolute atomic E-state index is 13.7. The molecule has 0 aromatic heterocycles. The Balaban J connectivity index is 1.19. The standard InChI is InChI=1S/C46H51N3O6S/c1-5-25-49(4)30-43-33(3)44(37-21-19-35(31-50)20-22-37)55-46(54-43)40-16-10-15-39(28-40)38-14-9-13-36(26-38)29-47-45(51)42(27-34-11-7-6-8-12-34)48-56(52,53)41-23-17-32(2)18-24-41/h5-24,26,28,33,42-44,46,48,50H,1,25,27,29-31H2,2-4H3,(H,47,51)/t33-,42-,43+,44+,46+/m1/s1. The van der Waals surface area contributed by atoms with Gasteiger partial charge in [-0.25, -0.2) is 8.42 Å². The van der Waals surface area contributed by atoms with Gasteiger partial charge in [-0.05, 0) is 78.0 Å². The van der Waals surface area contributed by atoms with Crippen LogP contribution in [0.2, 0.25) is 0 Å². The molecule has 5 aromatic carbocycles. The van der Waals surface area contributed by atoms with E-state index in [1.807, 2.05) is 110 Å². The van der Waals surface area contributed by atoms with Crippen LogP contribution in [0.1, 0.15) is 52.7 Å². The lowest BCUT2D eigenvalue weighted by Gasteiger charge is -2.42. The number of carbonyl (C=O) groups excluding carboxylic acids is 1. The Kier molecular flexibility index (Phi) is 13.7. The molecule has 0 aliphatic carbocycles. The third-order valence-corrected chi connectivity index (χ3v) is 11.7. The number of amides is 1. The lowest BCUT2D eigenvalue weighted by molar-refractivity contribution is -0.275. The van der Waals surface area contributed by atoms with E-state index in [0.717, 1.165) is 51.1 Å². The summed E-state index contributed by atoms with van der Waals surface area (Å²) in [6.45, 7) is 9.55. The molecule has 1 aliphatic rings. The number of aliphatic hydroxyl groups excluding tert-OH is 1. The van der Waals surface area contributed by atoms with Crippen molar-refractivity contribution in [2.45, 2.75) is 62.9 Å². The molecule has 5 atom stereocenters. The normalized spacial score (nSPS) is 19.0. The van der Waals surface area contributed by atoms with E-state index in [0.29, 0.717) is 6.54 Å². The minimum Gasteiger partial charge on any atom is -0.392 e. The molecule has 1 heterocycles. The van der Waals surface area contributed by atoms with Crippen LogP contribution in [0.5, 0.6) is 0 Å². The number of rotatable bonds is 16. The molecule has 0 saturated carbocycles. The Morgan fingerprint density at radius 3 is 2.21 bits per heavy atom. The molecule has 10 heteroatoms. The van der Waals surface area contributed by atoms with Gasteiger partial charge in [-0.15, -0.1) is 6.58 Å². The summed E-state index contributed by atoms with van der Waals surface area (Å²) in [5, 5.41) is 12.6. The van der Waals surface area contributed by atoms with Crippen molar-refractivity contribution in [3.8, 4) is 11.1 Å². The highest BCUT2D eigenvalue weighted by Gasteiger charge is 2.39. The fourth-order valence-corrected chi connectivity index (χ4v) is 8.17. The summed E-state index contributed by atoms with van der Waals surface area (Å²) in [4.78, 5) is 16.0. The predicted octanol–water partition coefficient (Wildman–Crippen LogP) is 7.27. The Labute approximate surface area is 331 Å². The molecule has 0 unspecified atom stereocenters. The molecule has 3 N–H and O–H groups in total. The van der Waals surface area contributed by atoms with Gasteiger partial charge in [-0.1, -0.05) is 122 Å². The van der Waals surface area contributed by atoms with E-state index in [4.69, 9.17) is 9.47 Å². The number of ether oxygens (including phenoxy) is 2. The van der Waals surface area contributed by atoms with Crippen LogP contribution in [-0.4, -0.2) is 56.6 Å². The molecule has 56 heavy (non-hydrogen) atoms. The molecule has 1 amide bonds. The summed E-state index contributed by atoms with van der Waals surface area (Å²) in [6, 6.07) is 38.8. The van der Waals surface area contributed by atoms with Crippen LogP contribution in [-0.2, 0) is 43.9 Å². The van der Waals surface area contributed by atoms with Crippen LogP contribution < -0.4 is 10.0 Å². The molecule has 0 radical (unpaired) electrons. The lowest BCUT2D eigenvalue weighted by Crippen LogP contribution is -2.47. The minimum atomic E-state index is -3.97. The van der Waals surface area contributed by atoms with E-state index in [1.165, 1.54) is 0 Å².